The number of nitrogens with one attached hydrogen (secondary N) is 2. The van der Waals surface area contributed by atoms with Gasteiger partial charge in [0.1, 0.15) is 0 Å². The van der Waals surface area contributed by atoms with Crippen LogP contribution < -0.4 is 22.1 Å². The van der Waals surface area contributed by atoms with Gasteiger partial charge >= 0.3 is 16.8 Å². The Morgan fingerprint density at radius 2 is 1.18 bits per heavy atom. The molecule has 0 aliphatic carbocycles. The van der Waals surface area contributed by atoms with E-state index in [0.717, 1.165) is 45.7 Å². The molecule has 0 saturated carbocycles. The number of hydrogen-bond acceptors (Lipinski definition) is 8. The molecule has 0 aliphatic rings. The van der Waals surface area contributed by atoms with Crippen LogP contribution in [0, 0.1) is 0 Å². The van der Waals surface area contributed by atoms with Crippen LogP contribution >= 0.6 is 0 Å². The third-order valence-electron chi connectivity index (χ3n) is 1.35. The van der Waals surface area contributed by atoms with Gasteiger partial charge in [-0.05, 0) is 19.5 Å². The van der Waals surface area contributed by atoms with Crippen LogP contribution in [-0.2, 0) is 27.2 Å². The molecule has 1 radical (unpaired) electrons. The van der Waals surface area contributed by atoms with Crippen LogP contribution in [0.3, 0.4) is 0 Å². The molecule has 0 saturated heterocycles. The first-order valence-electron chi connectivity index (χ1n) is 4.90. The van der Waals surface area contributed by atoms with Crippen molar-refractivity contribution in [2.45, 2.75) is 6.42 Å². The Balaban J connectivity index is -0.000000280. The second kappa shape index (κ2) is 16.2. The van der Waals surface area contributed by atoms with Gasteiger partial charge in [-0.1, -0.05) is 0 Å². The molecule has 0 atom stereocenters. The van der Waals surface area contributed by atoms with Gasteiger partial charge in [0, 0.05) is 36.6 Å². The molecule has 0 bridgehead atoms. The van der Waals surface area contributed by atoms with E-state index in [1.54, 1.807) is 0 Å². The standard InChI is InChI=1S/C7H20N4.Co.H2O4S/c8-2-6-10-4-1-5-11-7-3-9;;1-5(2,3)4/h10-11H,1-9H2;;(H2,1,2,3,4)/q;+2;/p-2. The molecular weight excluding hydrogens is 295 g/mol. The van der Waals surface area contributed by atoms with E-state index in [9.17, 15) is 0 Å². The molecule has 0 aliphatic heterocycles. The average Bonchev–Trinajstić information content (AvgIpc) is 2.14. The molecule has 8 nitrogen and oxygen atoms in total. The number of hydrogen-bond donors (Lipinski definition) is 4. The van der Waals surface area contributed by atoms with Crippen molar-refractivity contribution < 1.29 is 34.3 Å². The van der Waals surface area contributed by atoms with E-state index in [-0.39, 0.29) is 16.8 Å². The van der Waals surface area contributed by atoms with Crippen molar-refractivity contribution in [1.29, 1.82) is 0 Å². The van der Waals surface area contributed by atoms with E-state index in [4.69, 9.17) is 29.0 Å². The Kier molecular flexibility index (Phi) is 21.4. The third kappa shape index (κ3) is 48.5. The van der Waals surface area contributed by atoms with Crippen molar-refractivity contribution in [3.05, 3.63) is 0 Å². The van der Waals surface area contributed by atoms with Gasteiger partial charge in [-0.15, -0.1) is 0 Å². The molecular formula is C7H20CoN4O4S. The zero-order chi connectivity index (χ0) is 12.9. The van der Waals surface area contributed by atoms with Crippen LogP contribution in [0.4, 0.5) is 0 Å². The summed E-state index contributed by atoms with van der Waals surface area (Å²) in [5.41, 5.74) is 10.6. The Morgan fingerprint density at radius 3 is 1.41 bits per heavy atom. The van der Waals surface area contributed by atoms with Gasteiger partial charge < -0.3 is 31.2 Å². The maximum Gasteiger partial charge on any atom is 2.00 e. The quantitative estimate of drug-likeness (QED) is 0.211. The molecule has 0 fully saturated rings. The summed E-state index contributed by atoms with van der Waals surface area (Å²) in [6.45, 7) is 5.34. The van der Waals surface area contributed by atoms with Crippen molar-refractivity contribution >= 4 is 10.4 Å². The number of rotatable bonds is 8. The molecule has 0 unspecified atom stereocenters. The van der Waals surface area contributed by atoms with Gasteiger partial charge in [-0.25, -0.2) is 0 Å². The molecule has 0 rings (SSSR count). The molecule has 0 amide bonds. The Hall–Kier alpha value is 0.216. The predicted molar refractivity (Wildman–Crippen MR) is 58.9 cm³/mol. The van der Waals surface area contributed by atoms with Gasteiger partial charge in [0.15, 0.2) is 0 Å². The molecule has 0 aromatic carbocycles. The van der Waals surface area contributed by atoms with Gasteiger partial charge in [-0.3, -0.25) is 8.42 Å². The minimum Gasteiger partial charge on any atom is -0.759 e. The summed E-state index contributed by atoms with van der Waals surface area (Å²) in [6, 6.07) is 0. The molecule has 107 valence electrons. The first-order valence-corrected chi connectivity index (χ1v) is 6.23. The van der Waals surface area contributed by atoms with Gasteiger partial charge in [0.25, 0.3) is 0 Å². The van der Waals surface area contributed by atoms with E-state index in [1.807, 2.05) is 0 Å². The SMILES string of the molecule is NCCNCCCNCCN.O=S(=O)([O-])[O-].[Co+2]. The first-order chi connectivity index (χ1) is 7.41. The van der Waals surface area contributed by atoms with Crippen LogP contribution in [0.15, 0.2) is 0 Å². The molecule has 6 N–H and O–H groups in total. The van der Waals surface area contributed by atoms with Gasteiger partial charge in [0.05, 0.1) is 0 Å². The summed E-state index contributed by atoms with van der Waals surface area (Å²) in [5.74, 6) is 0. The molecule has 0 heterocycles. The molecule has 0 aromatic rings. The summed E-state index contributed by atoms with van der Waals surface area (Å²) in [5, 5.41) is 6.43. The van der Waals surface area contributed by atoms with Crippen LogP contribution in [0.1, 0.15) is 6.42 Å². The monoisotopic (exact) mass is 315 g/mol. The van der Waals surface area contributed by atoms with E-state index >= 15 is 0 Å². The fourth-order valence-corrected chi connectivity index (χ4v) is 0.793. The molecule has 17 heavy (non-hydrogen) atoms. The topological polar surface area (TPSA) is 156 Å². The van der Waals surface area contributed by atoms with Crippen LogP contribution in [-0.4, -0.2) is 56.8 Å². The maximum atomic E-state index is 8.52. The van der Waals surface area contributed by atoms with E-state index in [2.05, 4.69) is 10.6 Å². The van der Waals surface area contributed by atoms with E-state index < -0.39 is 10.4 Å². The van der Waals surface area contributed by atoms with E-state index in [0.29, 0.717) is 0 Å². The Bertz CT molecular complexity index is 212. The van der Waals surface area contributed by atoms with Crippen molar-refractivity contribution in [2.75, 3.05) is 39.3 Å². The van der Waals surface area contributed by atoms with Crippen LogP contribution in [0.25, 0.3) is 0 Å². The minimum atomic E-state index is -5.17. The normalized spacial score (nSPS) is 10.1. The molecule has 0 aromatic heterocycles. The van der Waals surface area contributed by atoms with Crippen LogP contribution in [0.2, 0.25) is 0 Å². The second-order valence-corrected chi connectivity index (χ2v) is 3.66. The summed E-state index contributed by atoms with van der Waals surface area (Å²) >= 11 is 0. The van der Waals surface area contributed by atoms with E-state index in [1.165, 1.54) is 0 Å². The fraction of sp³-hybridized carbons (Fsp3) is 1.00. The Morgan fingerprint density at radius 1 is 0.882 bits per heavy atom. The third-order valence-corrected chi connectivity index (χ3v) is 1.35. The van der Waals surface area contributed by atoms with Gasteiger partial charge in [-0.2, -0.15) is 0 Å². The zero-order valence-corrected chi connectivity index (χ0v) is 11.3. The fourth-order valence-electron chi connectivity index (χ4n) is 0.793. The largest absolute Gasteiger partial charge is 2.00 e. The average molecular weight is 315 g/mol. The summed E-state index contributed by atoms with van der Waals surface area (Å²) in [7, 11) is -5.17. The maximum absolute atomic E-state index is 8.52. The minimum absolute atomic E-state index is 0. The smallest absolute Gasteiger partial charge is 0.759 e. The van der Waals surface area contributed by atoms with Crippen molar-refractivity contribution in [2.24, 2.45) is 11.5 Å². The van der Waals surface area contributed by atoms with Crippen molar-refractivity contribution in [3.63, 3.8) is 0 Å². The predicted octanol–water partition coefficient (Wildman–Crippen LogP) is -2.87. The number of nitrogens with two attached hydrogens (primary N) is 2. The molecule has 10 heteroatoms. The van der Waals surface area contributed by atoms with Crippen LogP contribution in [0.5, 0.6) is 0 Å². The zero-order valence-electron chi connectivity index (χ0n) is 9.48. The first kappa shape index (κ1) is 22.4. The summed E-state index contributed by atoms with van der Waals surface area (Å²) < 4.78 is 34.1. The van der Waals surface area contributed by atoms with Gasteiger partial charge in [0.2, 0.25) is 0 Å². The van der Waals surface area contributed by atoms with Crippen molar-refractivity contribution in [3.8, 4) is 0 Å². The summed E-state index contributed by atoms with van der Waals surface area (Å²) in [4.78, 5) is 0. The van der Waals surface area contributed by atoms with Crippen molar-refractivity contribution in [1.82, 2.24) is 10.6 Å². The second-order valence-electron chi connectivity index (χ2n) is 2.84. The molecule has 0 spiro atoms. The summed E-state index contributed by atoms with van der Waals surface area (Å²) in [6.07, 6.45) is 1.14. The Labute approximate surface area is 113 Å².